The Bertz CT molecular complexity index is 521. The van der Waals surface area contributed by atoms with Gasteiger partial charge in [-0.15, -0.1) is 11.3 Å². The number of thiophene rings is 1. The van der Waals surface area contributed by atoms with Crippen molar-refractivity contribution in [3.8, 4) is 0 Å². The Balaban J connectivity index is 1.91. The molecule has 0 fully saturated rings. The van der Waals surface area contributed by atoms with Crippen molar-refractivity contribution in [2.75, 3.05) is 11.4 Å². The van der Waals surface area contributed by atoms with E-state index in [0.717, 1.165) is 19.5 Å². The summed E-state index contributed by atoms with van der Waals surface area (Å²) in [5.74, 6) is 0. The summed E-state index contributed by atoms with van der Waals surface area (Å²) in [4.78, 5) is 8.12. The predicted molar refractivity (Wildman–Crippen MR) is 71.2 cm³/mol. The molecule has 0 aromatic carbocycles. The van der Waals surface area contributed by atoms with E-state index in [0.29, 0.717) is 6.54 Å². The number of aromatic nitrogens is 1. The highest BCUT2D eigenvalue weighted by molar-refractivity contribution is 7.10. The topological polar surface area (TPSA) is 42.1 Å². The Morgan fingerprint density at radius 2 is 2.35 bits per heavy atom. The van der Waals surface area contributed by atoms with Gasteiger partial charge in [0.15, 0.2) is 0 Å². The summed E-state index contributed by atoms with van der Waals surface area (Å²) in [6.45, 7) is 2.62. The van der Waals surface area contributed by atoms with Gasteiger partial charge in [0.25, 0.3) is 0 Å². The third-order valence-electron chi connectivity index (χ3n) is 3.26. The van der Waals surface area contributed by atoms with Gasteiger partial charge in [0.05, 0.1) is 11.9 Å². The summed E-state index contributed by atoms with van der Waals surface area (Å²) in [5, 5.41) is 2.18. The maximum Gasteiger partial charge on any atom is 0.0601 e. The molecule has 88 valence electrons. The second-order valence-corrected chi connectivity index (χ2v) is 5.25. The summed E-state index contributed by atoms with van der Waals surface area (Å²) in [7, 11) is 0. The van der Waals surface area contributed by atoms with Crippen molar-refractivity contribution in [3.05, 3.63) is 45.9 Å². The Morgan fingerprint density at radius 3 is 3.24 bits per heavy atom. The number of anilines is 1. The van der Waals surface area contributed by atoms with Gasteiger partial charge in [-0.1, -0.05) is 0 Å². The van der Waals surface area contributed by atoms with Crippen LogP contribution >= 0.6 is 11.3 Å². The van der Waals surface area contributed by atoms with E-state index in [2.05, 4.69) is 21.3 Å². The van der Waals surface area contributed by atoms with Crippen LogP contribution in [-0.4, -0.2) is 11.5 Å². The van der Waals surface area contributed by atoms with Crippen LogP contribution in [0.3, 0.4) is 0 Å². The normalized spacial score (nSPS) is 14.8. The number of nitrogens with zero attached hydrogens (tertiary/aromatic N) is 2. The molecule has 2 aromatic rings. The minimum absolute atomic E-state index is 0.574. The lowest BCUT2D eigenvalue weighted by Gasteiger charge is -2.30. The average Bonchev–Trinajstić information content (AvgIpc) is 2.85. The quantitative estimate of drug-likeness (QED) is 0.881. The minimum Gasteiger partial charge on any atom is -0.365 e. The van der Waals surface area contributed by atoms with Gasteiger partial charge < -0.3 is 10.6 Å². The highest BCUT2D eigenvalue weighted by Crippen LogP contribution is 2.29. The molecule has 2 N–H and O–H groups in total. The molecule has 3 heterocycles. The molecule has 0 radical (unpaired) electrons. The third-order valence-corrected chi connectivity index (χ3v) is 4.28. The molecule has 2 aromatic heterocycles. The molecule has 4 heteroatoms. The van der Waals surface area contributed by atoms with Crippen LogP contribution in [0, 0.1) is 0 Å². The molecule has 1 aliphatic rings. The Labute approximate surface area is 105 Å². The number of pyridine rings is 1. The SMILES string of the molecule is NCc1ccncc1N1CCc2sccc2C1. The highest BCUT2D eigenvalue weighted by atomic mass is 32.1. The molecule has 1 aliphatic heterocycles. The lowest BCUT2D eigenvalue weighted by molar-refractivity contribution is 0.736. The van der Waals surface area contributed by atoms with E-state index in [9.17, 15) is 0 Å². The zero-order valence-electron chi connectivity index (χ0n) is 9.60. The van der Waals surface area contributed by atoms with Crippen LogP contribution < -0.4 is 10.6 Å². The van der Waals surface area contributed by atoms with Gasteiger partial charge in [-0.05, 0) is 35.1 Å². The predicted octanol–water partition coefficient (Wildman–Crippen LogP) is 2.16. The molecule has 17 heavy (non-hydrogen) atoms. The summed E-state index contributed by atoms with van der Waals surface area (Å²) in [6, 6.07) is 4.24. The van der Waals surface area contributed by atoms with Crippen molar-refractivity contribution in [2.24, 2.45) is 5.73 Å². The van der Waals surface area contributed by atoms with E-state index in [-0.39, 0.29) is 0 Å². The summed E-state index contributed by atoms with van der Waals surface area (Å²) in [5.41, 5.74) is 9.60. The smallest absolute Gasteiger partial charge is 0.0601 e. The summed E-state index contributed by atoms with van der Waals surface area (Å²) >= 11 is 1.87. The molecule has 3 nitrogen and oxygen atoms in total. The first-order valence-corrected chi connectivity index (χ1v) is 6.69. The molecule has 0 bridgehead atoms. The van der Waals surface area contributed by atoms with Crippen molar-refractivity contribution in [1.82, 2.24) is 4.98 Å². The fourth-order valence-corrected chi connectivity index (χ4v) is 3.22. The van der Waals surface area contributed by atoms with Crippen LogP contribution in [0.1, 0.15) is 16.0 Å². The van der Waals surface area contributed by atoms with E-state index in [1.807, 2.05) is 29.8 Å². The van der Waals surface area contributed by atoms with Crippen LogP contribution in [0.2, 0.25) is 0 Å². The van der Waals surface area contributed by atoms with Crippen LogP contribution in [0.15, 0.2) is 29.9 Å². The van der Waals surface area contributed by atoms with Crippen LogP contribution in [0.5, 0.6) is 0 Å². The van der Waals surface area contributed by atoms with Gasteiger partial charge in [-0.25, -0.2) is 0 Å². The second-order valence-electron chi connectivity index (χ2n) is 4.25. The van der Waals surface area contributed by atoms with Crippen LogP contribution in [-0.2, 0) is 19.5 Å². The lowest BCUT2D eigenvalue weighted by atomic mass is 10.1. The first kappa shape index (κ1) is 10.7. The molecule has 0 atom stereocenters. The van der Waals surface area contributed by atoms with Crippen molar-refractivity contribution in [2.45, 2.75) is 19.5 Å². The van der Waals surface area contributed by atoms with Crippen molar-refractivity contribution in [3.63, 3.8) is 0 Å². The molecule has 0 aliphatic carbocycles. The van der Waals surface area contributed by atoms with Crippen LogP contribution in [0.4, 0.5) is 5.69 Å². The lowest BCUT2D eigenvalue weighted by Crippen LogP contribution is -2.30. The van der Waals surface area contributed by atoms with Crippen molar-refractivity contribution in [1.29, 1.82) is 0 Å². The van der Waals surface area contributed by atoms with Crippen molar-refractivity contribution >= 4 is 17.0 Å². The monoisotopic (exact) mass is 245 g/mol. The van der Waals surface area contributed by atoms with Gasteiger partial charge in [0, 0.05) is 30.7 Å². The van der Waals surface area contributed by atoms with Crippen LogP contribution in [0.25, 0.3) is 0 Å². The first-order valence-electron chi connectivity index (χ1n) is 5.81. The molecular weight excluding hydrogens is 230 g/mol. The number of hydrogen-bond donors (Lipinski definition) is 1. The number of fused-ring (bicyclic) bond motifs is 1. The minimum atomic E-state index is 0.574. The molecule has 0 saturated heterocycles. The Hall–Kier alpha value is -1.39. The van der Waals surface area contributed by atoms with Gasteiger partial charge in [-0.3, -0.25) is 4.98 Å². The molecular formula is C13H15N3S. The second kappa shape index (κ2) is 4.47. The zero-order chi connectivity index (χ0) is 11.7. The molecule has 0 unspecified atom stereocenters. The van der Waals surface area contributed by atoms with Gasteiger partial charge in [-0.2, -0.15) is 0 Å². The van der Waals surface area contributed by atoms with E-state index in [4.69, 9.17) is 5.73 Å². The zero-order valence-corrected chi connectivity index (χ0v) is 10.4. The fraction of sp³-hybridized carbons (Fsp3) is 0.308. The molecule has 0 saturated carbocycles. The average molecular weight is 245 g/mol. The van der Waals surface area contributed by atoms with E-state index in [1.54, 1.807) is 0 Å². The standard InChI is InChI=1S/C13H15N3S/c14-7-10-1-4-15-8-12(10)16-5-2-13-11(9-16)3-6-17-13/h1,3-4,6,8H,2,5,7,9,14H2. The summed E-state index contributed by atoms with van der Waals surface area (Å²) in [6.07, 6.45) is 4.87. The first-order chi connectivity index (χ1) is 8.38. The van der Waals surface area contributed by atoms with Crippen molar-refractivity contribution < 1.29 is 0 Å². The molecule has 0 spiro atoms. The Morgan fingerprint density at radius 1 is 1.41 bits per heavy atom. The van der Waals surface area contributed by atoms with Gasteiger partial charge in [0.1, 0.15) is 0 Å². The number of nitrogens with two attached hydrogens (primary N) is 1. The largest absolute Gasteiger partial charge is 0.365 e. The highest BCUT2D eigenvalue weighted by Gasteiger charge is 2.19. The Kier molecular flexibility index (Phi) is 2.82. The molecule has 0 amide bonds. The maximum atomic E-state index is 5.78. The van der Waals surface area contributed by atoms with Gasteiger partial charge >= 0.3 is 0 Å². The maximum absolute atomic E-state index is 5.78. The number of rotatable bonds is 2. The fourth-order valence-electron chi connectivity index (χ4n) is 2.33. The van der Waals surface area contributed by atoms with E-state index >= 15 is 0 Å². The molecule has 3 rings (SSSR count). The summed E-state index contributed by atoms with van der Waals surface area (Å²) < 4.78 is 0. The van der Waals surface area contributed by atoms with E-state index < -0.39 is 0 Å². The number of hydrogen-bond acceptors (Lipinski definition) is 4. The van der Waals surface area contributed by atoms with E-state index in [1.165, 1.54) is 21.7 Å². The van der Waals surface area contributed by atoms with Gasteiger partial charge in [0.2, 0.25) is 0 Å². The third kappa shape index (κ3) is 1.94.